The molecule has 2 rings (SSSR count). The summed E-state index contributed by atoms with van der Waals surface area (Å²) < 4.78 is 1.97. The van der Waals surface area contributed by atoms with Crippen LogP contribution in [0.3, 0.4) is 0 Å². The van der Waals surface area contributed by atoms with Gasteiger partial charge in [0, 0.05) is 34.4 Å². The molecule has 2 aromatic carbocycles. The van der Waals surface area contributed by atoms with Gasteiger partial charge in [0.15, 0.2) is 0 Å². The summed E-state index contributed by atoms with van der Waals surface area (Å²) in [5.41, 5.74) is 1.89. The molecule has 116 valence electrons. The molecular formula is C16H14Br2Cl2N2. The van der Waals surface area contributed by atoms with Gasteiger partial charge in [-0.25, -0.2) is 0 Å². The number of rotatable bonds is 4. The second-order valence-corrected chi connectivity index (χ2v) is 7.21. The molecule has 0 fully saturated rings. The molecule has 22 heavy (non-hydrogen) atoms. The van der Waals surface area contributed by atoms with Crippen molar-refractivity contribution >= 4 is 66.4 Å². The monoisotopic (exact) mass is 462 g/mol. The van der Waals surface area contributed by atoms with E-state index in [1.807, 2.05) is 72.4 Å². The average Bonchev–Trinajstić information content (AvgIpc) is 2.52. The van der Waals surface area contributed by atoms with Crippen molar-refractivity contribution < 1.29 is 0 Å². The molecular weight excluding hydrogens is 451 g/mol. The lowest BCUT2D eigenvalue weighted by Crippen LogP contribution is -2.21. The van der Waals surface area contributed by atoms with Crippen molar-refractivity contribution in [2.24, 2.45) is 0 Å². The maximum absolute atomic E-state index is 6.46. The molecule has 0 bridgehead atoms. The third-order valence-corrected chi connectivity index (χ3v) is 5.10. The van der Waals surface area contributed by atoms with Crippen LogP contribution < -0.4 is 9.80 Å². The van der Waals surface area contributed by atoms with E-state index in [2.05, 4.69) is 31.9 Å². The van der Waals surface area contributed by atoms with Gasteiger partial charge in [-0.3, -0.25) is 0 Å². The predicted molar refractivity (Wildman–Crippen MR) is 104 cm³/mol. The largest absolute Gasteiger partial charge is 0.333 e. The van der Waals surface area contributed by atoms with Gasteiger partial charge >= 0.3 is 0 Å². The van der Waals surface area contributed by atoms with Gasteiger partial charge in [0.05, 0.1) is 0 Å². The van der Waals surface area contributed by atoms with Gasteiger partial charge in [-0.1, -0.05) is 67.2 Å². The van der Waals surface area contributed by atoms with Crippen LogP contribution >= 0.6 is 55.1 Å². The summed E-state index contributed by atoms with van der Waals surface area (Å²) >= 11 is 19.8. The second kappa shape index (κ2) is 7.73. The molecule has 0 aliphatic carbocycles. The third kappa shape index (κ3) is 4.19. The molecule has 0 unspecified atom stereocenters. The smallest absolute Gasteiger partial charge is 0.145 e. The van der Waals surface area contributed by atoms with Crippen LogP contribution in [0.4, 0.5) is 11.4 Å². The Morgan fingerprint density at radius 1 is 0.773 bits per heavy atom. The quantitative estimate of drug-likeness (QED) is 0.484. The first-order valence-electron chi connectivity index (χ1n) is 6.44. The average molecular weight is 465 g/mol. The fraction of sp³-hybridized carbons (Fsp3) is 0.125. The molecule has 0 N–H and O–H groups in total. The van der Waals surface area contributed by atoms with Crippen molar-refractivity contribution in [1.82, 2.24) is 0 Å². The molecule has 0 saturated heterocycles. The van der Waals surface area contributed by atoms with Crippen molar-refractivity contribution in [2.45, 2.75) is 0 Å². The van der Waals surface area contributed by atoms with E-state index in [0.29, 0.717) is 10.3 Å². The molecule has 0 spiro atoms. The van der Waals surface area contributed by atoms with Gasteiger partial charge in [-0.15, -0.1) is 0 Å². The van der Waals surface area contributed by atoms with E-state index >= 15 is 0 Å². The van der Waals surface area contributed by atoms with Crippen LogP contribution in [0.5, 0.6) is 0 Å². The fourth-order valence-corrected chi connectivity index (χ4v) is 3.10. The number of benzene rings is 2. The molecule has 0 heterocycles. The second-order valence-electron chi connectivity index (χ2n) is 4.66. The van der Waals surface area contributed by atoms with Crippen LogP contribution in [-0.2, 0) is 0 Å². The van der Waals surface area contributed by atoms with E-state index in [1.54, 1.807) is 0 Å². The third-order valence-electron chi connectivity index (χ3n) is 3.15. The lowest BCUT2D eigenvalue weighted by Gasteiger charge is -2.25. The Hall–Kier alpha value is -0.680. The number of hydrogen-bond donors (Lipinski definition) is 0. The van der Waals surface area contributed by atoms with Gasteiger partial charge < -0.3 is 9.80 Å². The van der Waals surface area contributed by atoms with E-state index in [9.17, 15) is 0 Å². The fourth-order valence-electron chi connectivity index (χ4n) is 1.87. The van der Waals surface area contributed by atoms with Crippen molar-refractivity contribution in [1.29, 1.82) is 0 Å². The molecule has 0 aliphatic rings. The first-order chi connectivity index (χ1) is 10.4. The number of nitrogens with zero attached hydrogens (tertiary/aromatic N) is 2. The highest BCUT2D eigenvalue weighted by atomic mass is 79.9. The standard InChI is InChI=1S/C16H14Br2Cl2N2/c1-21(13-7-3-5-11(17)9-13)15(19)16(20)22(2)14-8-4-6-12(18)10-14/h3-10H,1-2H3/b16-15+. The Balaban J connectivity index is 2.31. The molecule has 0 radical (unpaired) electrons. The zero-order valence-corrected chi connectivity index (χ0v) is 16.7. The topological polar surface area (TPSA) is 6.48 Å². The molecule has 2 aromatic rings. The summed E-state index contributed by atoms with van der Waals surface area (Å²) in [6.45, 7) is 0. The summed E-state index contributed by atoms with van der Waals surface area (Å²) in [6.07, 6.45) is 0. The van der Waals surface area contributed by atoms with Crippen LogP contribution in [0.1, 0.15) is 0 Å². The van der Waals surface area contributed by atoms with Crippen LogP contribution in [0, 0.1) is 0 Å². The number of hydrogen-bond acceptors (Lipinski definition) is 2. The summed E-state index contributed by atoms with van der Waals surface area (Å²) in [5, 5.41) is 0.893. The normalized spacial score (nSPS) is 11.9. The first kappa shape index (κ1) is 17.7. The van der Waals surface area contributed by atoms with E-state index in [4.69, 9.17) is 23.2 Å². The number of anilines is 2. The Morgan fingerprint density at radius 3 is 1.45 bits per heavy atom. The summed E-state index contributed by atoms with van der Waals surface area (Å²) in [7, 11) is 3.75. The predicted octanol–water partition coefficient (Wildman–Crippen LogP) is 6.39. The van der Waals surface area contributed by atoms with E-state index in [-0.39, 0.29) is 0 Å². The van der Waals surface area contributed by atoms with Crippen LogP contribution in [-0.4, -0.2) is 14.1 Å². The summed E-state index contributed by atoms with van der Waals surface area (Å²) in [5.74, 6) is 0. The highest BCUT2D eigenvalue weighted by molar-refractivity contribution is 9.10. The SMILES string of the molecule is CN(/C(Cl)=C(\Cl)N(C)c1cccc(Br)c1)c1cccc(Br)c1. The van der Waals surface area contributed by atoms with Gasteiger partial charge in [-0.05, 0) is 36.4 Å². The van der Waals surface area contributed by atoms with Crippen LogP contribution in [0.2, 0.25) is 0 Å². The van der Waals surface area contributed by atoms with Crippen LogP contribution in [0.15, 0.2) is 67.8 Å². The highest BCUT2D eigenvalue weighted by Gasteiger charge is 2.15. The Bertz CT molecular complexity index is 645. The molecule has 0 amide bonds. The van der Waals surface area contributed by atoms with Crippen molar-refractivity contribution in [2.75, 3.05) is 23.9 Å². The van der Waals surface area contributed by atoms with Gasteiger partial charge in [0.2, 0.25) is 0 Å². The van der Waals surface area contributed by atoms with Crippen molar-refractivity contribution in [3.8, 4) is 0 Å². The minimum Gasteiger partial charge on any atom is -0.333 e. The molecule has 0 aliphatic heterocycles. The Kier molecular flexibility index (Phi) is 6.21. The van der Waals surface area contributed by atoms with Gasteiger partial charge in [0.25, 0.3) is 0 Å². The van der Waals surface area contributed by atoms with E-state index in [1.165, 1.54) is 0 Å². The highest BCUT2D eigenvalue weighted by Crippen LogP contribution is 2.30. The number of halogens is 4. The summed E-state index contributed by atoms with van der Waals surface area (Å²) in [6, 6.07) is 15.7. The first-order valence-corrected chi connectivity index (χ1v) is 8.78. The molecule has 0 aromatic heterocycles. The maximum atomic E-state index is 6.46. The van der Waals surface area contributed by atoms with Gasteiger partial charge in [0.1, 0.15) is 10.3 Å². The zero-order valence-electron chi connectivity index (χ0n) is 12.0. The van der Waals surface area contributed by atoms with Crippen molar-refractivity contribution in [3.63, 3.8) is 0 Å². The Morgan fingerprint density at radius 2 is 1.14 bits per heavy atom. The van der Waals surface area contributed by atoms with E-state index in [0.717, 1.165) is 20.3 Å². The van der Waals surface area contributed by atoms with E-state index < -0.39 is 0 Å². The zero-order chi connectivity index (χ0) is 16.3. The minimum absolute atomic E-state index is 0.447. The van der Waals surface area contributed by atoms with Gasteiger partial charge in [-0.2, -0.15) is 0 Å². The summed E-state index contributed by atoms with van der Waals surface area (Å²) in [4.78, 5) is 3.67. The molecule has 0 saturated carbocycles. The Labute approximate surface area is 157 Å². The maximum Gasteiger partial charge on any atom is 0.145 e. The minimum atomic E-state index is 0.447. The molecule has 0 atom stereocenters. The van der Waals surface area contributed by atoms with Crippen molar-refractivity contribution in [3.05, 3.63) is 67.8 Å². The lowest BCUT2D eigenvalue weighted by molar-refractivity contribution is 1.10. The molecule has 6 heteroatoms. The molecule has 2 nitrogen and oxygen atoms in total. The lowest BCUT2D eigenvalue weighted by atomic mass is 10.3. The van der Waals surface area contributed by atoms with Crippen LogP contribution in [0.25, 0.3) is 0 Å².